The number of rotatable bonds is 4. The Hall–Kier alpha value is -3.70. The molecule has 0 aliphatic rings. The monoisotopic (exact) mass is 410 g/mol. The Morgan fingerprint density at radius 3 is 2.13 bits per heavy atom. The number of methoxy groups -OCH3 is 1. The third-order valence-electron chi connectivity index (χ3n) is 4.97. The molecule has 5 heteroatoms. The van der Waals surface area contributed by atoms with Gasteiger partial charge in [-0.2, -0.15) is 0 Å². The fourth-order valence-electron chi connectivity index (χ4n) is 3.51. The molecular weight excluding hydrogens is 392 g/mol. The van der Waals surface area contributed by atoms with Crippen molar-refractivity contribution in [3.05, 3.63) is 105 Å². The van der Waals surface area contributed by atoms with Crippen LogP contribution >= 0.6 is 11.3 Å². The molecule has 0 aliphatic heterocycles. The van der Waals surface area contributed by atoms with Crippen molar-refractivity contribution in [2.24, 2.45) is 0 Å². The third kappa shape index (κ3) is 3.19. The van der Waals surface area contributed by atoms with Crippen LogP contribution in [0.4, 0.5) is 0 Å². The Labute approximate surface area is 177 Å². The highest BCUT2D eigenvalue weighted by Crippen LogP contribution is 2.32. The molecule has 30 heavy (non-hydrogen) atoms. The maximum Gasteiger partial charge on any atom is 0.274 e. The highest BCUT2D eigenvalue weighted by molar-refractivity contribution is 7.15. The number of nitrogens with zero attached hydrogens (tertiary/aromatic N) is 2. The molecule has 2 aromatic heterocycles. The van der Waals surface area contributed by atoms with E-state index in [0.29, 0.717) is 9.49 Å². The van der Waals surface area contributed by atoms with E-state index in [1.54, 1.807) is 11.5 Å². The van der Waals surface area contributed by atoms with Crippen molar-refractivity contribution < 1.29 is 4.74 Å². The summed E-state index contributed by atoms with van der Waals surface area (Å²) in [6.07, 6.45) is 1.90. The van der Waals surface area contributed by atoms with Crippen LogP contribution in [-0.2, 0) is 0 Å². The number of ether oxygens (including phenoxy) is 1. The molecule has 0 saturated heterocycles. The molecule has 0 amide bonds. The number of hydrogen-bond acceptors (Lipinski definition) is 4. The standard InChI is InChI=1S/C25H18N2O2S/c1-29-20-14-12-17(13-15-20)16-21-24(28)27-23(19-10-6-3-7-11-19)22(26-25(27)30-21)18-8-4-2-5-9-18/h2-16H,1H3. The lowest BCUT2D eigenvalue weighted by molar-refractivity contribution is 0.415. The molecule has 0 N–H and O–H groups in total. The minimum Gasteiger partial charge on any atom is -0.497 e. The molecular formula is C25H18N2O2S. The minimum absolute atomic E-state index is 0.0562. The van der Waals surface area contributed by atoms with Crippen molar-refractivity contribution in [3.8, 4) is 28.3 Å². The quantitative estimate of drug-likeness (QED) is 0.433. The minimum atomic E-state index is -0.0562. The fraction of sp³-hybridized carbons (Fsp3) is 0.0400. The molecule has 0 bridgehead atoms. The third-order valence-corrected chi connectivity index (χ3v) is 5.94. The molecule has 0 atom stereocenters. The zero-order chi connectivity index (χ0) is 20.5. The summed E-state index contributed by atoms with van der Waals surface area (Å²) in [5.41, 5.74) is 4.50. The van der Waals surface area contributed by atoms with E-state index in [0.717, 1.165) is 33.8 Å². The topological polar surface area (TPSA) is 43.6 Å². The average Bonchev–Trinajstić information content (AvgIpc) is 3.32. The molecule has 0 saturated carbocycles. The van der Waals surface area contributed by atoms with E-state index in [9.17, 15) is 4.79 Å². The maximum absolute atomic E-state index is 13.4. The summed E-state index contributed by atoms with van der Waals surface area (Å²) in [6.45, 7) is 0. The molecule has 5 aromatic rings. The van der Waals surface area contributed by atoms with Gasteiger partial charge in [-0.05, 0) is 23.8 Å². The number of aromatic nitrogens is 2. The van der Waals surface area contributed by atoms with Gasteiger partial charge in [0.05, 0.1) is 23.0 Å². The molecule has 0 unspecified atom stereocenters. The van der Waals surface area contributed by atoms with Crippen LogP contribution in [0.3, 0.4) is 0 Å². The smallest absolute Gasteiger partial charge is 0.274 e. The van der Waals surface area contributed by atoms with E-state index in [1.165, 1.54) is 11.3 Å². The van der Waals surface area contributed by atoms with Crippen LogP contribution in [0.2, 0.25) is 0 Å². The molecule has 0 aliphatic carbocycles. The van der Waals surface area contributed by atoms with E-state index >= 15 is 0 Å². The lowest BCUT2D eigenvalue weighted by Gasteiger charge is -2.04. The summed E-state index contributed by atoms with van der Waals surface area (Å²) in [7, 11) is 1.64. The second-order valence-corrected chi connectivity index (χ2v) is 7.86. The molecule has 0 fully saturated rings. The second kappa shape index (κ2) is 7.61. The van der Waals surface area contributed by atoms with Crippen LogP contribution in [-0.4, -0.2) is 16.5 Å². The SMILES string of the molecule is COc1ccc(C=c2sc3nc(-c4ccccc4)c(-c4ccccc4)n3c2=O)cc1. The Kier molecular flexibility index (Phi) is 4.65. The molecule has 146 valence electrons. The molecule has 2 heterocycles. The maximum atomic E-state index is 13.4. The summed E-state index contributed by atoms with van der Waals surface area (Å²) >= 11 is 1.41. The first-order chi connectivity index (χ1) is 14.7. The molecule has 4 nitrogen and oxygen atoms in total. The predicted octanol–water partition coefficient (Wildman–Crippen LogP) is 4.65. The predicted molar refractivity (Wildman–Crippen MR) is 122 cm³/mol. The van der Waals surface area contributed by atoms with Gasteiger partial charge in [-0.15, -0.1) is 0 Å². The van der Waals surface area contributed by atoms with Gasteiger partial charge in [0, 0.05) is 11.1 Å². The number of thiazole rings is 1. The molecule has 0 radical (unpaired) electrons. The Morgan fingerprint density at radius 2 is 1.50 bits per heavy atom. The fourth-order valence-corrected chi connectivity index (χ4v) is 4.48. The molecule has 0 spiro atoms. The van der Waals surface area contributed by atoms with Gasteiger partial charge in [0.25, 0.3) is 5.56 Å². The van der Waals surface area contributed by atoms with Crippen molar-refractivity contribution in [1.82, 2.24) is 9.38 Å². The first kappa shape index (κ1) is 18.3. The number of hydrogen-bond donors (Lipinski definition) is 0. The summed E-state index contributed by atoms with van der Waals surface area (Å²) in [6, 6.07) is 27.6. The summed E-state index contributed by atoms with van der Waals surface area (Å²) < 4.78 is 7.60. The highest BCUT2D eigenvalue weighted by atomic mass is 32.1. The van der Waals surface area contributed by atoms with Crippen LogP contribution in [0.5, 0.6) is 5.75 Å². The normalized spacial score (nSPS) is 11.8. The summed E-state index contributed by atoms with van der Waals surface area (Å²) in [5.74, 6) is 0.786. The van der Waals surface area contributed by atoms with Gasteiger partial charge in [0.1, 0.15) is 5.75 Å². The van der Waals surface area contributed by atoms with Crippen LogP contribution in [0.25, 0.3) is 33.6 Å². The van der Waals surface area contributed by atoms with E-state index in [-0.39, 0.29) is 5.56 Å². The van der Waals surface area contributed by atoms with Gasteiger partial charge in [0.2, 0.25) is 0 Å². The van der Waals surface area contributed by atoms with Crippen LogP contribution in [0.1, 0.15) is 5.56 Å². The highest BCUT2D eigenvalue weighted by Gasteiger charge is 2.19. The van der Waals surface area contributed by atoms with E-state index in [1.807, 2.05) is 91.0 Å². The number of fused-ring (bicyclic) bond motifs is 1. The second-order valence-electron chi connectivity index (χ2n) is 6.85. The molecule has 5 rings (SSSR count). The van der Waals surface area contributed by atoms with E-state index < -0.39 is 0 Å². The van der Waals surface area contributed by atoms with E-state index in [2.05, 4.69) is 0 Å². The van der Waals surface area contributed by atoms with Crippen molar-refractivity contribution in [3.63, 3.8) is 0 Å². The van der Waals surface area contributed by atoms with Crippen molar-refractivity contribution in [2.45, 2.75) is 0 Å². The van der Waals surface area contributed by atoms with Gasteiger partial charge in [-0.25, -0.2) is 9.38 Å². The van der Waals surface area contributed by atoms with Crippen molar-refractivity contribution >= 4 is 22.4 Å². The summed E-state index contributed by atoms with van der Waals surface area (Å²) in [4.78, 5) is 18.9. The zero-order valence-electron chi connectivity index (χ0n) is 16.3. The van der Waals surface area contributed by atoms with Gasteiger partial charge in [-0.1, -0.05) is 84.1 Å². The van der Waals surface area contributed by atoms with Gasteiger partial charge >= 0.3 is 0 Å². The molecule has 3 aromatic carbocycles. The van der Waals surface area contributed by atoms with Gasteiger partial charge in [0.15, 0.2) is 4.96 Å². The van der Waals surface area contributed by atoms with E-state index in [4.69, 9.17) is 9.72 Å². The Morgan fingerprint density at radius 1 is 0.867 bits per heavy atom. The first-order valence-corrected chi connectivity index (χ1v) is 10.4. The van der Waals surface area contributed by atoms with Crippen molar-refractivity contribution in [1.29, 1.82) is 0 Å². The van der Waals surface area contributed by atoms with Gasteiger partial charge in [-0.3, -0.25) is 4.79 Å². The number of benzene rings is 3. The lowest BCUT2D eigenvalue weighted by atomic mass is 10.1. The van der Waals surface area contributed by atoms with Gasteiger partial charge < -0.3 is 4.74 Å². The Bertz CT molecular complexity index is 1420. The Balaban J connectivity index is 1.75. The first-order valence-electron chi connectivity index (χ1n) is 9.56. The summed E-state index contributed by atoms with van der Waals surface area (Å²) in [5, 5.41) is 0. The van der Waals surface area contributed by atoms with Crippen molar-refractivity contribution in [2.75, 3.05) is 7.11 Å². The van der Waals surface area contributed by atoms with Crippen LogP contribution in [0, 0.1) is 0 Å². The number of imidazole rings is 1. The van der Waals surface area contributed by atoms with Crippen LogP contribution in [0.15, 0.2) is 89.7 Å². The van der Waals surface area contributed by atoms with Crippen LogP contribution < -0.4 is 14.8 Å². The zero-order valence-corrected chi connectivity index (χ0v) is 17.1. The largest absolute Gasteiger partial charge is 0.497 e. The average molecular weight is 410 g/mol. The lowest BCUT2D eigenvalue weighted by Crippen LogP contribution is -2.23.